The number of aliphatic hydroxyl groups is 1. The highest BCUT2D eigenvalue weighted by Gasteiger charge is 2.52. The maximum absolute atomic E-state index is 12.7. The number of ether oxygens (including phenoxy) is 1. The van der Waals surface area contributed by atoms with Crippen LogP contribution >= 0.6 is 0 Å². The lowest BCUT2D eigenvalue weighted by Gasteiger charge is -2.41. The van der Waals surface area contributed by atoms with Crippen LogP contribution in [0.3, 0.4) is 0 Å². The van der Waals surface area contributed by atoms with Gasteiger partial charge in [-0.15, -0.1) is 0 Å². The Morgan fingerprint density at radius 2 is 2.00 bits per heavy atom. The van der Waals surface area contributed by atoms with Gasteiger partial charge in [0.05, 0.1) is 25.3 Å². The number of carbonyl (C=O) groups excluding carboxylic acids is 2. The molecule has 2 N–H and O–H groups in total. The Balaban J connectivity index is 1.39. The van der Waals surface area contributed by atoms with Crippen LogP contribution in [-0.2, 0) is 14.3 Å². The molecule has 9 nitrogen and oxygen atoms in total. The van der Waals surface area contributed by atoms with E-state index in [0.717, 1.165) is 24.2 Å². The molecule has 0 aromatic carbocycles. The summed E-state index contributed by atoms with van der Waals surface area (Å²) in [7, 11) is 0. The standard InChI is InChI=1S/C17H25N3O6/c1-10-15(23)20-11(9-26-14(20)8-19(10)16(24)25)6-13(22)18-5-4-17(2-3-17)12(21)7-18/h10-12,14,21H,2-9H2,1H3,(H,24,25)/t10-,11-,12?,14?/m0/s1. The van der Waals surface area contributed by atoms with E-state index in [9.17, 15) is 24.6 Å². The fraction of sp³-hybridized carbons (Fsp3) is 0.824. The summed E-state index contributed by atoms with van der Waals surface area (Å²) in [5.41, 5.74) is 0.0386. The van der Waals surface area contributed by atoms with E-state index in [0.29, 0.717) is 13.1 Å². The summed E-state index contributed by atoms with van der Waals surface area (Å²) in [4.78, 5) is 40.9. The Morgan fingerprint density at radius 1 is 1.27 bits per heavy atom. The van der Waals surface area contributed by atoms with Crippen LogP contribution in [0.5, 0.6) is 0 Å². The summed E-state index contributed by atoms with van der Waals surface area (Å²) in [5, 5.41) is 19.5. The molecule has 1 saturated carbocycles. The molecule has 4 rings (SSSR count). The van der Waals surface area contributed by atoms with Gasteiger partial charge in [0.15, 0.2) is 6.23 Å². The Bertz CT molecular complexity index is 636. The fourth-order valence-corrected chi connectivity index (χ4v) is 4.48. The van der Waals surface area contributed by atoms with Crippen molar-refractivity contribution in [3.8, 4) is 0 Å². The number of aliphatic hydroxyl groups excluding tert-OH is 1. The largest absolute Gasteiger partial charge is 0.465 e. The second kappa shape index (κ2) is 6.09. The zero-order chi connectivity index (χ0) is 18.6. The molecule has 2 unspecified atom stereocenters. The Labute approximate surface area is 151 Å². The van der Waals surface area contributed by atoms with Crippen LogP contribution in [0, 0.1) is 5.41 Å². The SMILES string of the molecule is C[C@H]1C(=O)N2C(CN1C(=O)O)OC[C@@H]2CC(=O)N1CCC2(CC2)C(O)C1. The van der Waals surface area contributed by atoms with Crippen LogP contribution in [0.1, 0.15) is 32.6 Å². The number of amides is 3. The molecule has 144 valence electrons. The van der Waals surface area contributed by atoms with Crippen molar-refractivity contribution < 1.29 is 29.3 Å². The van der Waals surface area contributed by atoms with E-state index in [-0.39, 0.29) is 42.8 Å². The third-order valence-electron chi connectivity index (χ3n) is 6.50. The molecule has 3 aliphatic heterocycles. The molecule has 3 saturated heterocycles. The lowest BCUT2D eigenvalue weighted by Crippen LogP contribution is -2.62. The van der Waals surface area contributed by atoms with Gasteiger partial charge in [-0.25, -0.2) is 4.79 Å². The quantitative estimate of drug-likeness (QED) is 0.692. The van der Waals surface area contributed by atoms with E-state index in [1.807, 2.05) is 0 Å². The van der Waals surface area contributed by atoms with Gasteiger partial charge < -0.3 is 24.7 Å². The van der Waals surface area contributed by atoms with Crippen LogP contribution in [0.4, 0.5) is 4.79 Å². The Hall–Kier alpha value is -1.87. The third-order valence-corrected chi connectivity index (χ3v) is 6.50. The van der Waals surface area contributed by atoms with E-state index in [1.165, 1.54) is 4.90 Å². The molecule has 4 atom stereocenters. The normalized spacial score (nSPS) is 35.6. The zero-order valence-electron chi connectivity index (χ0n) is 14.8. The van der Waals surface area contributed by atoms with E-state index in [2.05, 4.69) is 0 Å². The second-order valence-corrected chi connectivity index (χ2v) is 7.97. The van der Waals surface area contributed by atoms with Gasteiger partial charge in [0.25, 0.3) is 0 Å². The highest BCUT2D eigenvalue weighted by atomic mass is 16.5. The number of piperazine rings is 1. The monoisotopic (exact) mass is 367 g/mol. The van der Waals surface area contributed by atoms with Crippen molar-refractivity contribution in [1.29, 1.82) is 0 Å². The number of nitrogens with zero attached hydrogens (tertiary/aromatic N) is 3. The topological polar surface area (TPSA) is 111 Å². The highest BCUT2D eigenvalue weighted by molar-refractivity contribution is 5.87. The average Bonchev–Trinajstić information content (AvgIpc) is 3.27. The van der Waals surface area contributed by atoms with Crippen molar-refractivity contribution in [2.45, 2.75) is 57.0 Å². The molecule has 1 spiro atoms. The molecule has 1 aliphatic carbocycles. The van der Waals surface area contributed by atoms with Gasteiger partial charge in [0.1, 0.15) is 6.04 Å². The number of carboxylic acid groups (broad SMARTS) is 1. The van der Waals surface area contributed by atoms with Gasteiger partial charge in [0, 0.05) is 19.5 Å². The van der Waals surface area contributed by atoms with Crippen molar-refractivity contribution in [2.75, 3.05) is 26.2 Å². The van der Waals surface area contributed by atoms with Gasteiger partial charge >= 0.3 is 6.09 Å². The number of carbonyl (C=O) groups is 3. The molecule has 0 aromatic heterocycles. The maximum Gasteiger partial charge on any atom is 0.408 e. The van der Waals surface area contributed by atoms with Gasteiger partial charge in [-0.2, -0.15) is 0 Å². The van der Waals surface area contributed by atoms with Crippen molar-refractivity contribution >= 4 is 17.9 Å². The molecule has 26 heavy (non-hydrogen) atoms. The number of hydrogen-bond acceptors (Lipinski definition) is 5. The molecule has 4 fully saturated rings. The first-order valence-electron chi connectivity index (χ1n) is 9.21. The summed E-state index contributed by atoms with van der Waals surface area (Å²) in [6.07, 6.45) is 0.801. The summed E-state index contributed by atoms with van der Waals surface area (Å²) in [6.45, 7) is 2.87. The van der Waals surface area contributed by atoms with E-state index < -0.39 is 24.5 Å². The van der Waals surface area contributed by atoms with Gasteiger partial charge in [-0.05, 0) is 31.6 Å². The molecule has 9 heteroatoms. The minimum absolute atomic E-state index is 0.0386. The fourth-order valence-electron chi connectivity index (χ4n) is 4.48. The minimum Gasteiger partial charge on any atom is -0.465 e. The lowest BCUT2D eigenvalue weighted by atomic mass is 9.90. The first kappa shape index (κ1) is 17.5. The molecule has 3 amide bonds. The number of rotatable bonds is 2. The van der Waals surface area contributed by atoms with Gasteiger partial charge in [-0.3, -0.25) is 14.5 Å². The van der Waals surface area contributed by atoms with Crippen LogP contribution in [0.15, 0.2) is 0 Å². The van der Waals surface area contributed by atoms with E-state index in [1.54, 1.807) is 11.8 Å². The van der Waals surface area contributed by atoms with E-state index in [4.69, 9.17) is 4.74 Å². The third kappa shape index (κ3) is 2.73. The summed E-state index contributed by atoms with van der Waals surface area (Å²) >= 11 is 0. The summed E-state index contributed by atoms with van der Waals surface area (Å²) < 4.78 is 5.60. The van der Waals surface area contributed by atoms with Crippen LogP contribution in [-0.4, -0.2) is 93.5 Å². The van der Waals surface area contributed by atoms with Gasteiger partial charge in [0.2, 0.25) is 11.8 Å². The number of likely N-dealkylation sites (tertiary alicyclic amines) is 1. The average molecular weight is 367 g/mol. The van der Waals surface area contributed by atoms with Crippen molar-refractivity contribution in [2.24, 2.45) is 5.41 Å². The molecule has 3 heterocycles. The lowest BCUT2D eigenvalue weighted by molar-refractivity contribution is -0.152. The van der Waals surface area contributed by atoms with Crippen molar-refractivity contribution in [3.63, 3.8) is 0 Å². The first-order chi connectivity index (χ1) is 12.3. The predicted molar refractivity (Wildman–Crippen MR) is 88.1 cm³/mol. The smallest absolute Gasteiger partial charge is 0.408 e. The number of β-amino-alcohol motifs (C(OH)–C–C–N with tert-alkyl or cyclic N) is 1. The summed E-state index contributed by atoms with van der Waals surface area (Å²) in [5.74, 6) is -0.413. The Kier molecular flexibility index (Phi) is 4.11. The zero-order valence-corrected chi connectivity index (χ0v) is 14.8. The van der Waals surface area contributed by atoms with Crippen LogP contribution in [0.2, 0.25) is 0 Å². The van der Waals surface area contributed by atoms with Crippen LogP contribution in [0.25, 0.3) is 0 Å². The van der Waals surface area contributed by atoms with E-state index >= 15 is 0 Å². The molecule has 0 aromatic rings. The van der Waals surface area contributed by atoms with Gasteiger partial charge in [-0.1, -0.05) is 0 Å². The molecular formula is C17H25N3O6. The molecule has 0 radical (unpaired) electrons. The highest BCUT2D eigenvalue weighted by Crippen LogP contribution is 2.53. The second-order valence-electron chi connectivity index (χ2n) is 7.97. The molecule has 0 bridgehead atoms. The van der Waals surface area contributed by atoms with Crippen molar-refractivity contribution in [1.82, 2.24) is 14.7 Å². The van der Waals surface area contributed by atoms with Crippen LogP contribution < -0.4 is 0 Å². The summed E-state index contributed by atoms with van der Waals surface area (Å²) in [6, 6.07) is -1.16. The molecular weight excluding hydrogens is 342 g/mol. The number of hydrogen-bond donors (Lipinski definition) is 2. The Morgan fingerprint density at radius 3 is 2.62 bits per heavy atom. The van der Waals surface area contributed by atoms with Crippen molar-refractivity contribution in [3.05, 3.63) is 0 Å². The number of piperidine rings is 1. The number of fused-ring (bicyclic) bond motifs is 1. The predicted octanol–water partition coefficient (Wildman–Crippen LogP) is -0.314. The molecule has 4 aliphatic rings. The first-order valence-corrected chi connectivity index (χ1v) is 9.21. The minimum atomic E-state index is -1.15. The maximum atomic E-state index is 12.7.